The summed E-state index contributed by atoms with van der Waals surface area (Å²) in [6, 6.07) is 4.04. The van der Waals surface area contributed by atoms with Crippen molar-refractivity contribution < 1.29 is 8.85 Å². The summed E-state index contributed by atoms with van der Waals surface area (Å²) < 4.78 is 11.8. The summed E-state index contributed by atoms with van der Waals surface area (Å²) in [6.45, 7) is 8.72. The van der Waals surface area contributed by atoms with Crippen LogP contribution in [0.5, 0.6) is 0 Å². The van der Waals surface area contributed by atoms with Crippen LogP contribution in [0.25, 0.3) is 0 Å². The molecule has 1 aromatic heterocycles. The monoisotopic (exact) mass is 348 g/mol. The van der Waals surface area contributed by atoms with E-state index in [1.54, 1.807) is 6.20 Å². The molecular formula is C17H28N2O2Si2. The van der Waals surface area contributed by atoms with E-state index >= 15 is 0 Å². The van der Waals surface area contributed by atoms with E-state index in [-0.39, 0.29) is 11.7 Å². The lowest BCUT2D eigenvalue weighted by atomic mass is 9.68. The predicted molar refractivity (Wildman–Crippen MR) is 96.3 cm³/mol. The van der Waals surface area contributed by atoms with E-state index in [1.165, 1.54) is 31.4 Å². The minimum absolute atomic E-state index is 0.0472. The Morgan fingerprint density at radius 1 is 1.13 bits per heavy atom. The Kier molecular flexibility index (Phi) is 6.82. The molecule has 1 aromatic rings. The normalized spacial score (nSPS) is 22.5. The zero-order chi connectivity index (χ0) is 16.9. The predicted octanol–water partition coefficient (Wildman–Crippen LogP) is 3.66. The average molecular weight is 349 g/mol. The second-order valence-corrected chi connectivity index (χ2v) is 8.15. The van der Waals surface area contributed by atoms with Gasteiger partial charge in [-0.15, -0.1) is 0 Å². The molecule has 0 unspecified atom stereocenters. The molecule has 4 radical (unpaired) electrons. The van der Waals surface area contributed by atoms with Crippen LogP contribution >= 0.6 is 0 Å². The molecule has 1 saturated carbocycles. The van der Waals surface area contributed by atoms with E-state index in [0.717, 1.165) is 5.69 Å². The van der Waals surface area contributed by atoms with Crippen molar-refractivity contribution >= 4 is 25.2 Å². The Hall–Kier alpha value is -0.696. The van der Waals surface area contributed by atoms with Crippen molar-refractivity contribution in [1.29, 1.82) is 0 Å². The minimum Gasteiger partial charge on any atom is -0.397 e. The summed E-state index contributed by atoms with van der Waals surface area (Å²) >= 11 is 0. The van der Waals surface area contributed by atoms with Gasteiger partial charge in [0.05, 0.1) is 11.9 Å². The van der Waals surface area contributed by atoms with Gasteiger partial charge in [-0.1, -0.05) is 13.8 Å². The molecule has 0 atom stereocenters. The standard InChI is InChI=1S/C17H28N2O2Si2/c1-17(2,16(20-22-3)21-23-4)13-7-5-12(6-8-13)15-10-9-14(18)11-19-15/h9-13,16H,5-8,18H2,1-4H3. The van der Waals surface area contributed by atoms with Crippen LogP contribution in [0.2, 0.25) is 13.1 Å². The van der Waals surface area contributed by atoms with Crippen LogP contribution in [0.4, 0.5) is 5.69 Å². The van der Waals surface area contributed by atoms with Gasteiger partial charge in [0, 0.05) is 17.0 Å². The molecule has 0 bridgehead atoms. The van der Waals surface area contributed by atoms with Crippen molar-refractivity contribution in [2.24, 2.45) is 11.3 Å². The highest BCUT2D eigenvalue weighted by atomic mass is 28.2. The summed E-state index contributed by atoms with van der Waals surface area (Å²) in [7, 11) is 0.929. The van der Waals surface area contributed by atoms with Gasteiger partial charge in [-0.25, -0.2) is 0 Å². The Morgan fingerprint density at radius 3 is 2.22 bits per heavy atom. The van der Waals surface area contributed by atoms with Gasteiger partial charge in [-0.2, -0.15) is 0 Å². The van der Waals surface area contributed by atoms with Crippen molar-refractivity contribution in [2.45, 2.75) is 64.8 Å². The Bertz CT molecular complexity index is 468. The first-order chi connectivity index (χ1) is 11.0. The quantitative estimate of drug-likeness (QED) is 0.603. The molecule has 126 valence electrons. The maximum Gasteiger partial charge on any atom is 0.229 e. The summed E-state index contributed by atoms with van der Waals surface area (Å²) in [5, 5.41) is 0. The van der Waals surface area contributed by atoms with Crippen LogP contribution in [0.15, 0.2) is 18.3 Å². The maximum absolute atomic E-state index is 5.91. The van der Waals surface area contributed by atoms with Gasteiger partial charge in [0.1, 0.15) is 6.29 Å². The third-order valence-electron chi connectivity index (χ3n) is 5.06. The number of nitrogens with two attached hydrogens (primary N) is 1. The number of nitrogen functional groups attached to an aromatic ring is 1. The van der Waals surface area contributed by atoms with E-state index in [9.17, 15) is 0 Å². The zero-order valence-electron chi connectivity index (χ0n) is 14.6. The van der Waals surface area contributed by atoms with Gasteiger partial charge >= 0.3 is 0 Å². The highest BCUT2D eigenvalue weighted by Gasteiger charge is 2.40. The molecule has 6 heteroatoms. The van der Waals surface area contributed by atoms with Crippen LogP contribution in [0.1, 0.15) is 51.1 Å². The molecule has 0 aromatic carbocycles. The van der Waals surface area contributed by atoms with Crippen molar-refractivity contribution in [2.75, 3.05) is 5.73 Å². The number of hydrogen-bond acceptors (Lipinski definition) is 4. The van der Waals surface area contributed by atoms with Crippen molar-refractivity contribution in [3.05, 3.63) is 24.0 Å². The first-order valence-electron chi connectivity index (χ1n) is 8.35. The van der Waals surface area contributed by atoms with Crippen LogP contribution in [-0.4, -0.2) is 30.8 Å². The fraction of sp³-hybridized carbons (Fsp3) is 0.706. The van der Waals surface area contributed by atoms with Crippen LogP contribution in [0, 0.1) is 11.3 Å². The van der Waals surface area contributed by atoms with Gasteiger partial charge in [-0.05, 0) is 56.8 Å². The van der Waals surface area contributed by atoms with E-state index < -0.39 is 0 Å². The molecule has 1 heterocycles. The molecule has 4 nitrogen and oxygen atoms in total. The molecule has 2 N–H and O–H groups in total. The number of anilines is 1. The second kappa shape index (κ2) is 8.42. The lowest BCUT2D eigenvalue weighted by Gasteiger charge is -2.43. The van der Waals surface area contributed by atoms with E-state index in [2.05, 4.69) is 38.0 Å². The van der Waals surface area contributed by atoms with E-state index in [1.807, 2.05) is 6.07 Å². The molecule has 0 spiro atoms. The average Bonchev–Trinajstić information content (AvgIpc) is 2.55. The fourth-order valence-corrected chi connectivity index (χ4v) is 4.75. The Balaban J connectivity index is 1.97. The molecule has 1 aliphatic carbocycles. The summed E-state index contributed by atoms with van der Waals surface area (Å²) in [5.41, 5.74) is 7.71. The van der Waals surface area contributed by atoms with Crippen molar-refractivity contribution in [3.63, 3.8) is 0 Å². The van der Waals surface area contributed by atoms with Gasteiger partial charge in [0.15, 0.2) is 0 Å². The number of aromatic nitrogens is 1. The zero-order valence-corrected chi connectivity index (χ0v) is 16.6. The second-order valence-electron chi connectivity index (χ2n) is 6.86. The maximum atomic E-state index is 5.91. The van der Waals surface area contributed by atoms with Crippen LogP contribution < -0.4 is 5.73 Å². The van der Waals surface area contributed by atoms with Crippen molar-refractivity contribution in [3.8, 4) is 0 Å². The minimum atomic E-state index is -0.0923. The fourth-order valence-electron chi connectivity index (χ4n) is 3.53. The smallest absolute Gasteiger partial charge is 0.229 e. The summed E-state index contributed by atoms with van der Waals surface area (Å²) in [4.78, 5) is 4.51. The number of pyridine rings is 1. The van der Waals surface area contributed by atoms with Gasteiger partial charge in [-0.3, -0.25) is 4.98 Å². The van der Waals surface area contributed by atoms with Gasteiger partial charge in [0.25, 0.3) is 0 Å². The van der Waals surface area contributed by atoms with E-state index in [4.69, 9.17) is 14.6 Å². The molecule has 0 saturated heterocycles. The molecule has 1 aliphatic rings. The first-order valence-corrected chi connectivity index (χ1v) is 11.2. The first kappa shape index (κ1) is 18.6. The molecule has 2 rings (SSSR count). The van der Waals surface area contributed by atoms with Crippen LogP contribution in [-0.2, 0) is 8.85 Å². The number of hydrogen-bond donors (Lipinski definition) is 1. The molecular weight excluding hydrogens is 320 g/mol. The Labute approximate surface area is 145 Å². The summed E-state index contributed by atoms with van der Waals surface area (Å²) in [5.74, 6) is 1.19. The van der Waals surface area contributed by atoms with Crippen LogP contribution in [0.3, 0.4) is 0 Å². The third kappa shape index (κ3) is 4.65. The Morgan fingerprint density at radius 2 is 1.74 bits per heavy atom. The van der Waals surface area contributed by atoms with Gasteiger partial charge in [0.2, 0.25) is 19.5 Å². The number of nitrogens with zero attached hydrogens (tertiary/aromatic N) is 1. The molecule has 23 heavy (non-hydrogen) atoms. The van der Waals surface area contributed by atoms with Crippen molar-refractivity contribution in [1.82, 2.24) is 4.98 Å². The topological polar surface area (TPSA) is 57.4 Å². The SMILES string of the molecule is C[Si]OC(O[Si]C)C(C)(C)C1CCC(c2ccc(N)cn2)CC1. The lowest BCUT2D eigenvalue weighted by molar-refractivity contribution is -0.111. The molecule has 1 fully saturated rings. The molecule has 0 amide bonds. The van der Waals surface area contributed by atoms with E-state index in [0.29, 0.717) is 31.4 Å². The number of rotatable bonds is 7. The summed E-state index contributed by atoms with van der Waals surface area (Å²) in [6.07, 6.45) is 6.44. The lowest BCUT2D eigenvalue weighted by Crippen LogP contribution is -2.42. The highest BCUT2D eigenvalue weighted by molar-refractivity contribution is 6.26. The highest BCUT2D eigenvalue weighted by Crippen LogP contribution is 2.45. The third-order valence-corrected chi connectivity index (χ3v) is 5.96. The molecule has 0 aliphatic heterocycles. The van der Waals surface area contributed by atoms with Gasteiger partial charge < -0.3 is 14.6 Å². The largest absolute Gasteiger partial charge is 0.397 e.